The van der Waals surface area contributed by atoms with Crippen molar-refractivity contribution in [3.8, 4) is 0 Å². The number of rotatable bonds is 1. The zero-order chi connectivity index (χ0) is 5.15. The van der Waals surface area contributed by atoms with Gasteiger partial charge in [0.05, 0.1) is 0 Å². The van der Waals surface area contributed by atoms with Gasteiger partial charge in [-0.25, -0.2) is 0 Å². The molecule has 0 atom stereocenters. The standard InChI is InChI=1S/NO2.2H2N.Pt/c2-1-3;;;/h;2*1H2;/q;2*-1;+2. The summed E-state index contributed by atoms with van der Waals surface area (Å²) < 4.78 is 8.72. The number of hydrogen-bond acceptors (Lipinski definition) is 4. The van der Waals surface area contributed by atoms with Gasteiger partial charge in [0.2, 0.25) is 0 Å². The molecule has 0 saturated heterocycles. The number of nitrogens with two attached hydrogens (primary N) is 2. The Morgan fingerprint density at radius 1 is 1.67 bits per heavy atom. The van der Waals surface area contributed by atoms with Crippen LogP contribution in [-0.2, 0) is 18.1 Å². The maximum absolute atomic E-state index is 9.32. The molecule has 41 valence electrons. The Bertz CT molecular complexity index is 59.8. The van der Waals surface area contributed by atoms with E-state index in [1.54, 1.807) is 0 Å². The van der Waals surface area contributed by atoms with Crippen molar-refractivity contribution in [2.45, 2.75) is 0 Å². The molecule has 6 heavy (non-hydrogen) atoms. The van der Waals surface area contributed by atoms with E-state index in [1.807, 2.05) is 0 Å². The van der Waals surface area contributed by atoms with Crippen LogP contribution in [-0.4, -0.2) is 3.48 Å². The molecule has 0 spiro atoms. The molecule has 5 nitrogen and oxygen atoms in total. The van der Waals surface area contributed by atoms with Crippen LogP contribution in [0.3, 0.4) is 0 Å². The van der Waals surface area contributed by atoms with Crippen LogP contribution < -0.4 is 8.58 Å². The second-order valence-corrected chi connectivity index (χ2v) is 3.22. The number of hydrogen-bond donors (Lipinski definition) is 2. The molecule has 0 heterocycles. The molecule has 0 fully saturated rings. The van der Waals surface area contributed by atoms with Crippen LogP contribution in [0.2, 0.25) is 0 Å². The van der Waals surface area contributed by atoms with Gasteiger partial charge < -0.3 is 0 Å². The molecule has 6 heteroatoms. The predicted octanol–water partition coefficient (Wildman–Crippen LogP) is -1.46. The van der Waals surface area contributed by atoms with E-state index in [4.69, 9.17) is 0 Å². The first kappa shape index (κ1) is 6.01. The molecule has 0 unspecified atom stereocenters. The first-order valence-corrected chi connectivity index (χ1v) is 4.51. The molecule has 0 aromatic heterocycles. The third kappa shape index (κ3) is 2.26. The molecule has 0 amide bonds. The summed E-state index contributed by atoms with van der Waals surface area (Å²) in [6.07, 6.45) is 0. The average molecular weight is 273 g/mol. The van der Waals surface area contributed by atoms with E-state index in [2.05, 4.69) is 8.58 Å². The number of nitro groups is 1. The van der Waals surface area contributed by atoms with Crippen LogP contribution in [0, 0.1) is 10.1 Å². The van der Waals surface area contributed by atoms with Crippen molar-refractivity contribution < 1.29 is 21.5 Å². The van der Waals surface area contributed by atoms with Crippen molar-refractivity contribution in [2.75, 3.05) is 0 Å². The van der Waals surface area contributed by atoms with Gasteiger partial charge in [0.25, 0.3) is 0 Å². The Labute approximate surface area is 40.9 Å². The van der Waals surface area contributed by atoms with Crippen LogP contribution in [0.5, 0.6) is 0 Å². The molecule has 0 bridgehead atoms. The second kappa shape index (κ2) is 2.23. The van der Waals surface area contributed by atoms with Crippen LogP contribution in [0.1, 0.15) is 0 Å². The Hall–Kier alpha value is 0.00831. The molecule has 0 aliphatic heterocycles. The van der Waals surface area contributed by atoms with Gasteiger partial charge in [-0.3, -0.25) is 0 Å². The Morgan fingerprint density at radius 3 is 1.83 bits per heavy atom. The first-order chi connectivity index (χ1) is 2.64. The minimum absolute atomic E-state index is 0.620. The zero-order valence-electron chi connectivity index (χ0n) is 2.73. The van der Waals surface area contributed by atoms with Crippen LogP contribution in [0.25, 0.3) is 0 Å². The molecule has 0 aromatic rings. The summed E-state index contributed by atoms with van der Waals surface area (Å²) in [6, 6.07) is 0. The summed E-state index contributed by atoms with van der Waals surface area (Å²) in [5.74, 6) is 0. The molecule has 0 aliphatic rings. The first-order valence-electron chi connectivity index (χ1n) is 0.872. The predicted molar refractivity (Wildman–Crippen MR) is 15.4 cm³/mol. The number of nitrogens with zero attached hydrogens (tertiary/aromatic N) is 1. The monoisotopic (exact) mass is 273 g/mol. The third-order valence-corrected chi connectivity index (χ3v) is 1.09. The van der Waals surface area contributed by atoms with E-state index >= 15 is 0 Å². The van der Waals surface area contributed by atoms with Crippen LogP contribution >= 0.6 is 0 Å². The van der Waals surface area contributed by atoms with Gasteiger partial charge >= 0.3 is 40.2 Å². The average Bonchev–Trinajstić information content (AvgIpc) is 1.36. The third-order valence-electron chi connectivity index (χ3n) is 0.133. The molecule has 0 aliphatic carbocycles. The molecular formula is H4N3O2Pt. The van der Waals surface area contributed by atoms with E-state index in [-0.39, 0.29) is 0 Å². The molecular weight excluding hydrogens is 269 g/mol. The van der Waals surface area contributed by atoms with Gasteiger partial charge in [0.15, 0.2) is 0 Å². The summed E-state index contributed by atoms with van der Waals surface area (Å²) in [5, 5.41) is 9.32. The fourth-order valence-electron chi connectivity index (χ4n) is 0. The zero-order valence-corrected chi connectivity index (χ0v) is 5.01. The maximum atomic E-state index is 9.32. The van der Waals surface area contributed by atoms with Gasteiger partial charge in [-0.15, -0.1) is 0 Å². The van der Waals surface area contributed by atoms with Crippen molar-refractivity contribution in [1.29, 1.82) is 0 Å². The molecule has 4 N–H and O–H groups in total. The van der Waals surface area contributed by atoms with E-state index in [0.29, 0.717) is 0 Å². The van der Waals surface area contributed by atoms with Crippen molar-refractivity contribution in [1.82, 2.24) is 0 Å². The summed E-state index contributed by atoms with van der Waals surface area (Å²) in [5.41, 5.74) is 0. The van der Waals surface area contributed by atoms with Crippen LogP contribution in [0.4, 0.5) is 0 Å². The van der Waals surface area contributed by atoms with E-state index in [1.165, 1.54) is 0 Å². The van der Waals surface area contributed by atoms with Gasteiger partial charge in [-0.05, 0) is 0 Å². The fraction of sp³-hybridized carbons (Fsp3) is 0. The minimum atomic E-state index is -2.67. The molecule has 0 aromatic carbocycles. The van der Waals surface area contributed by atoms with Gasteiger partial charge in [0.1, 0.15) is 0 Å². The molecule has 0 rings (SSSR count). The Kier molecular flexibility index (Phi) is 2.23. The van der Waals surface area contributed by atoms with Gasteiger partial charge in [-0.2, -0.15) is 0 Å². The quantitative estimate of drug-likeness (QED) is 0.451. The Morgan fingerprint density at radius 2 is 1.83 bits per heavy atom. The van der Waals surface area contributed by atoms with Gasteiger partial charge in [0, 0.05) is 0 Å². The molecule has 0 saturated carbocycles. The normalized spacial score (nSPS) is 10.7. The van der Waals surface area contributed by atoms with Crippen molar-refractivity contribution in [3.63, 3.8) is 0 Å². The van der Waals surface area contributed by atoms with E-state index in [0.717, 1.165) is 0 Å². The topological polar surface area (TPSA) is 95.2 Å². The van der Waals surface area contributed by atoms with Crippen molar-refractivity contribution in [3.05, 3.63) is 10.1 Å². The summed E-state index contributed by atoms with van der Waals surface area (Å²) in [4.78, 5) is 9.32. The Balaban J connectivity index is 3.26. The summed E-state index contributed by atoms with van der Waals surface area (Å²) in [6.45, 7) is 0. The van der Waals surface area contributed by atoms with E-state index in [9.17, 15) is 10.1 Å². The SMILES string of the molecule is [NH2][Pt]([NH2])[N+](=O)[O-]. The second-order valence-electron chi connectivity index (χ2n) is 0.459. The van der Waals surface area contributed by atoms with Gasteiger partial charge in [-0.1, -0.05) is 0 Å². The molecule has 0 radical (unpaired) electrons. The van der Waals surface area contributed by atoms with Crippen LogP contribution in [0.15, 0.2) is 0 Å². The summed E-state index contributed by atoms with van der Waals surface area (Å²) >= 11 is -2.67. The van der Waals surface area contributed by atoms with Crippen molar-refractivity contribution >= 4 is 0 Å². The summed E-state index contributed by atoms with van der Waals surface area (Å²) in [7, 11) is 0. The fourth-order valence-corrected chi connectivity index (χ4v) is 0. The van der Waals surface area contributed by atoms with E-state index < -0.39 is 21.5 Å². The van der Waals surface area contributed by atoms with Crippen molar-refractivity contribution in [2.24, 2.45) is 8.58 Å².